The van der Waals surface area contributed by atoms with Gasteiger partial charge in [0.05, 0.1) is 0 Å². The summed E-state index contributed by atoms with van der Waals surface area (Å²) in [4.78, 5) is 48.2. The maximum Gasteiger partial charge on any atom is 0.251 e. The Morgan fingerprint density at radius 1 is 0.882 bits per heavy atom. The molecule has 176 valence electrons. The van der Waals surface area contributed by atoms with E-state index in [1.165, 1.54) is 17.6 Å². The number of ketones is 1. The molecular weight excluding hydrogens is 430 g/mol. The van der Waals surface area contributed by atoms with Crippen molar-refractivity contribution in [3.8, 4) is 0 Å². The molecule has 2 N–H and O–H groups in total. The largest absolute Gasteiger partial charge is 0.355 e. The first-order valence-electron chi connectivity index (χ1n) is 11.1. The van der Waals surface area contributed by atoms with Crippen molar-refractivity contribution in [2.45, 2.75) is 26.2 Å². The Hall–Kier alpha value is -4.00. The summed E-state index contributed by atoms with van der Waals surface area (Å²) in [6, 6.07) is 18.1. The maximum absolute atomic E-state index is 13.1. The van der Waals surface area contributed by atoms with Crippen LogP contribution in [0.25, 0.3) is 0 Å². The van der Waals surface area contributed by atoms with E-state index in [0.717, 1.165) is 16.7 Å². The molecule has 1 atom stereocenters. The molecule has 7 nitrogen and oxygen atoms in total. The number of aromatic nitrogens is 1. The van der Waals surface area contributed by atoms with Crippen LogP contribution in [0.2, 0.25) is 0 Å². The van der Waals surface area contributed by atoms with Gasteiger partial charge in [-0.05, 0) is 41.8 Å². The minimum atomic E-state index is -0.231. The topological polar surface area (TPSA) is 97.3 Å². The average molecular weight is 460 g/mol. The quantitative estimate of drug-likeness (QED) is 0.380. The fraction of sp³-hybridized carbons (Fsp3) is 0.259. The van der Waals surface area contributed by atoms with Crippen LogP contribution in [0.5, 0.6) is 0 Å². The second kappa shape index (κ2) is 11.2. The smallest absolute Gasteiger partial charge is 0.251 e. The van der Waals surface area contributed by atoms with E-state index in [9.17, 15) is 19.2 Å². The van der Waals surface area contributed by atoms with E-state index in [1.54, 1.807) is 31.4 Å². The number of carbonyl (C=O) groups is 3. The highest BCUT2D eigenvalue weighted by molar-refractivity contribution is 5.97. The van der Waals surface area contributed by atoms with E-state index in [0.29, 0.717) is 24.2 Å². The Bertz CT molecular complexity index is 1250. The van der Waals surface area contributed by atoms with Crippen LogP contribution in [0.15, 0.2) is 71.7 Å². The summed E-state index contributed by atoms with van der Waals surface area (Å²) in [6.45, 7) is 4.13. The highest BCUT2D eigenvalue weighted by Gasteiger charge is 2.21. The van der Waals surface area contributed by atoms with Gasteiger partial charge in [0.15, 0.2) is 5.78 Å². The van der Waals surface area contributed by atoms with Gasteiger partial charge in [0.25, 0.3) is 5.91 Å². The summed E-state index contributed by atoms with van der Waals surface area (Å²) in [5.74, 6) is -0.648. The van der Waals surface area contributed by atoms with Crippen molar-refractivity contribution in [2.75, 3.05) is 13.1 Å². The van der Waals surface area contributed by atoms with Gasteiger partial charge in [-0.1, -0.05) is 36.4 Å². The summed E-state index contributed by atoms with van der Waals surface area (Å²) >= 11 is 0. The van der Waals surface area contributed by atoms with E-state index < -0.39 is 0 Å². The molecule has 0 fully saturated rings. The molecule has 0 aliphatic carbocycles. The average Bonchev–Trinajstić information content (AvgIpc) is 2.82. The number of rotatable bonds is 9. The van der Waals surface area contributed by atoms with Crippen molar-refractivity contribution in [1.29, 1.82) is 0 Å². The molecule has 3 rings (SSSR count). The number of hydrogen-bond donors (Lipinski definition) is 2. The predicted molar refractivity (Wildman–Crippen MR) is 131 cm³/mol. The number of benzene rings is 2. The number of amides is 2. The molecule has 0 saturated heterocycles. The first kappa shape index (κ1) is 24.6. The van der Waals surface area contributed by atoms with Gasteiger partial charge < -0.3 is 15.2 Å². The maximum atomic E-state index is 13.1. The number of hydrogen-bond acceptors (Lipinski definition) is 4. The van der Waals surface area contributed by atoms with Crippen LogP contribution < -0.4 is 16.2 Å². The van der Waals surface area contributed by atoms with Gasteiger partial charge in [0.1, 0.15) is 0 Å². The first-order chi connectivity index (χ1) is 16.3. The molecule has 2 aromatic carbocycles. The zero-order valence-corrected chi connectivity index (χ0v) is 19.6. The first-order valence-corrected chi connectivity index (χ1v) is 11.1. The molecule has 0 aliphatic heterocycles. The molecule has 2 amide bonds. The predicted octanol–water partition coefficient (Wildman–Crippen LogP) is 2.96. The Morgan fingerprint density at radius 2 is 1.53 bits per heavy atom. The summed E-state index contributed by atoms with van der Waals surface area (Å²) in [6.07, 6.45) is 1.79. The van der Waals surface area contributed by atoms with Crippen LogP contribution in [0.3, 0.4) is 0 Å². The molecule has 3 aromatic rings. The van der Waals surface area contributed by atoms with Crippen molar-refractivity contribution >= 4 is 17.6 Å². The van der Waals surface area contributed by atoms with E-state index in [-0.39, 0.29) is 35.5 Å². The fourth-order valence-electron chi connectivity index (χ4n) is 3.83. The SMILES string of the molecule is CC(=O)NCCNC(=O)c1ccc(C(CC(=O)c2ccc(=O)n(C)c2)c2ccccc2C)cc1. The standard InChI is InChI=1S/C27H29N3O4/c1-18-6-4-5-7-23(18)24(16-25(32)22-12-13-26(33)30(3)17-22)20-8-10-21(11-9-20)27(34)29-15-14-28-19(2)31/h4-13,17,24H,14-16H2,1-3H3,(H,28,31)(H,29,34). The highest BCUT2D eigenvalue weighted by atomic mass is 16.2. The molecule has 1 unspecified atom stereocenters. The molecule has 34 heavy (non-hydrogen) atoms. The van der Waals surface area contributed by atoms with Gasteiger partial charge in [-0.3, -0.25) is 19.2 Å². The fourth-order valence-corrected chi connectivity index (χ4v) is 3.83. The zero-order valence-electron chi connectivity index (χ0n) is 19.6. The summed E-state index contributed by atoms with van der Waals surface area (Å²) in [5, 5.41) is 5.41. The molecule has 0 radical (unpaired) electrons. The molecule has 0 bridgehead atoms. The van der Waals surface area contributed by atoms with Gasteiger partial charge in [-0.15, -0.1) is 0 Å². The van der Waals surface area contributed by atoms with Crippen molar-refractivity contribution in [3.63, 3.8) is 0 Å². The number of Topliss-reactive ketones (excluding diaryl/α,β-unsaturated/α-hetero) is 1. The van der Waals surface area contributed by atoms with Crippen molar-refractivity contribution in [1.82, 2.24) is 15.2 Å². The van der Waals surface area contributed by atoms with Crippen molar-refractivity contribution < 1.29 is 14.4 Å². The Labute approximate surface area is 198 Å². The Balaban J connectivity index is 1.82. The number of aryl methyl sites for hydroxylation is 2. The van der Waals surface area contributed by atoms with E-state index in [2.05, 4.69) is 10.6 Å². The van der Waals surface area contributed by atoms with E-state index >= 15 is 0 Å². The van der Waals surface area contributed by atoms with Crippen molar-refractivity contribution in [3.05, 3.63) is 105 Å². The Kier molecular flexibility index (Phi) is 8.14. The molecule has 1 aromatic heterocycles. The molecule has 0 spiro atoms. The minimum absolute atomic E-state index is 0.0661. The monoisotopic (exact) mass is 459 g/mol. The molecule has 0 aliphatic rings. The van der Waals surface area contributed by atoms with Gasteiger partial charge in [0, 0.05) is 62.8 Å². The third-order valence-electron chi connectivity index (χ3n) is 5.72. The minimum Gasteiger partial charge on any atom is -0.355 e. The second-order valence-corrected chi connectivity index (χ2v) is 8.26. The van der Waals surface area contributed by atoms with Crippen LogP contribution in [-0.4, -0.2) is 35.3 Å². The lowest BCUT2D eigenvalue weighted by molar-refractivity contribution is -0.118. The summed E-state index contributed by atoms with van der Waals surface area (Å²) in [7, 11) is 1.62. The number of nitrogens with one attached hydrogen (secondary N) is 2. The van der Waals surface area contributed by atoms with Crippen molar-refractivity contribution in [2.24, 2.45) is 7.05 Å². The lowest BCUT2D eigenvalue weighted by atomic mass is 9.83. The normalized spacial score (nSPS) is 11.5. The lowest BCUT2D eigenvalue weighted by Gasteiger charge is -2.20. The molecule has 1 heterocycles. The molecule has 0 saturated carbocycles. The van der Waals surface area contributed by atoms with Crippen LogP contribution in [-0.2, 0) is 11.8 Å². The van der Waals surface area contributed by atoms with Crippen LogP contribution in [0.4, 0.5) is 0 Å². The van der Waals surface area contributed by atoms with E-state index in [1.807, 2.05) is 43.3 Å². The van der Waals surface area contributed by atoms with Gasteiger partial charge in [-0.2, -0.15) is 0 Å². The van der Waals surface area contributed by atoms with E-state index in [4.69, 9.17) is 0 Å². The summed E-state index contributed by atoms with van der Waals surface area (Å²) in [5.41, 5.74) is 3.84. The third kappa shape index (κ3) is 6.28. The third-order valence-corrected chi connectivity index (χ3v) is 5.72. The van der Waals surface area contributed by atoms with Gasteiger partial charge in [0.2, 0.25) is 11.5 Å². The van der Waals surface area contributed by atoms with Crippen LogP contribution in [0, 0.1) is 6.92 Å². The number of pyridine rings is 1. The molecule has 7 heteroatoms. The number of carbonyl (C=O) groups excluding carboxylic acids is 3. The van der Waals surface area contributed by atoms with Crippen LogP contribution >= 0.6 is 0 Å². The summed E-state index contributed by atoms with van der Waals surface area (Å²) < 4.78 is 1.40. The highest BCUT2D eigenvalue weighted by Crippen LogP contribution is 2.31. The molecular formula is C27H29N3O4. The Morgan fingerprint density at radius 3 is 2.18 bits per heavy atom. The van der Waals surface area contributed by atoms with Gasteiger partial charge in [-0.25, -0.2) is 0 Å². The lowest BCUT2D eigenvalue weighted by Crippen LogP contribution is -2.33. The number of nitrogens with zero attached hydrogens (tertiary/aromatic N) is 1. The van der Waals surface area contributed by atoms with Gasteiger partial charge >= 0.3 is 0 Å². The zero-order chi connectivity index (χ0) is 24.7. The second-order valence-electron chi connectivity index (χ2n) is 8.26. The van der Waals surface area contributed by atoms with Crippen LogP contribution in [0.1, 0.15) is 56.7 Å².